The van der Waals surface area contributed by atoms with E-state index in [0.29, 0.717) is 6.79 Å². The molecule has 4 heteroatoms. The highest BCUT2D eigenvalue weighted by Gasteiger charge is 2.07. The highest BCUT2D eigenvalue weighted by atomic mass is 16.7. The lowest BCUT2D eigenvalue weighted by Gasteiger charge is -2.17. The molecule has 0 aliphatic rings. The van der Waals surface area contributed by atoms with E-state index in [1.54, 1.807) is 6.26 Å². The van der Waals surface area contributed by atoms with Crippen LogP contribution in [0.15, 0.2) is 12.3 Å². The van der Waals surface area contributed by atoms with E-state index in [0.717, 1.165) is 64.8 Å². The summed E-state index contributed by atoms with van der Waals surface area (Å²) in [5, 5.41) is 0. The molecule has 0 fully saturated rings. The molecule has 4 nitrogen and oxygen atoms in total. The van der Waals surface area contributed by atoms with Gasteiger partial charge in [0.1, 0.15) is 0 Å². The van der Waals surface area contributed by atoms with E-state index in [1.807, 2.05) is 0 Å². The first-order valence-electron chi connectivity index (χ1n) is 10.9. The van der Waals surface area contributed by atoms with Gasteiger partial charge < -0.3 is 18.9 Å². The molecule has 0 aliphatic heterocycles. The van der Waals surface area contributed by atoms with Crippen LogP contribution in [0.1, 0.15) is 97.8 Å². The molecule has 0 N–H and O–H groups in total. The zero-order valence-electron chi connectivity index (χ0n) is 17.7. The van der Waals surface area contributed by atoms with Crippen LogP contribution in [0, 0.1) is 0 Å². The first-order chi connectivity index (χ1) is 12.8. The normalized spacial score (nSPS) is 11.7. The van der Waals surface area contributed by atoms with Crippen molar-refractivity contribution >= 4 is 0 Å². The fourth-order valence-corrected chi connectivity index (χ4v) is 2.55. The Morgan fingerprint density at radius 2 is 1.38 bits per heavy atom. The highest BCUT2D eigenvalue weighted by molar-refractivity contribution is 4.72. The Labute approximate surface area is 162 Å². The second-order valence-corrected chi connectivity index (χ2v) is 6.79. The van der Waals surface area contributed by atoms with Crippen LogP contribution in [0.5, 0.6) is 0 Å². The number of ether oxygens (including phenoxy) is 4. The van der Waals surface area contributed by atoms with Gasteiger partial charge in [-0.2, -0.15) is 0 Å². The van der Waals surface area contributed by atoms with E-state index in [2.05, 4.69) is 26.8 Å². The van der Waals surface area contributed by atoms with Crippen molar-refractivity contribution in [1.82, 2.24) is 0 Å². The Bertz CT molecular complexity index is 273. The van der Waals surface area contributed by atoms with Crippen molar-refractivity contribution < 1.29 is 18.9 Å². The van der Waals surface area contributed by atoms with Crippen LogP contribution >= 0.6 is 0 Å². The summed E-state index contributed by atoms with van der Waals surface area (Å²) in [6.45, 7) is 9.22. The molecule has 0 aliphatic carbocycles. The largest absolute Gasteiger partial charge is 0.475 e. The number of unbranched alkanes of at least 4 members (excludes halogenated alkanes) is 7. The van der Waals surface area contributed by atoms with Gasteiger partial charge in [0.05, 0.1) is 12.9 Å². The van der Waals surface area contributed by atoms with Gasteiger partial charge in [-0.1, -0.05) is 52.9 Å². The third-order valence-corrected chi connectivity index (χ3v) is 4.06. The molecule has 0 saturated heterocycles. The minimum absolute atomic E-state index is 0.0366. The lowest BCUT2D eigenvalue weighted by Crippen LogP contribution is -2.18. The number of hydrogen-bond donors (Lipinski definition) is 0. The van der Waals surface area contributed by atoms with E-state index < -0.39 is 0 Å². The van der Waals surface area contributed by atoms with E-state index in [1.165, 1.54) is 32.1 Å². The smallest absolute Gasteiger partial charge is 0.188 e. The summed E-state index contributed by atoms with van der Waals surface area (Å²) in [5.41, 5.74) is 0. The molecular weight excluding hydrogens is 328 g/mol. The lowest BCUT2D eigenvalue weighted by molar-refractivity contribution is -0.146. The quantitative estimate of drug-likeness (QED) is 0.129. The van der Waals surface area contributed by atoms with Gasteiger partial charge >= 0.3 is 0 Å². The molecule has 0 spiro atoms. The number of allylic oxidation sites excluding steroid dienone is 1. The van der Waals surface area contributed by atoms with Crippen molar-refractivity contribution in [3.05, 3.63) is 12.3 Å². The molecule has 0 amide bonds. The van der Waals surface area contributed by atoms with Crippen molar-refractivity contribution in [2.24, 2.45) is 0 Å². The maximum absolute atomic E-state index is 5.73. The Balaban J connectivity index is 3.38. The SMILES string of the molecule is CCCCCCCCOCOC=CCCCCC(OCCC)OCCC. The molecule has 156 valence electrons. The van der Waals surface area contributed by atoms with Gasteiger partial charge in [-0.3, -0.25) is 0 Å². The van der Waals surface area contributed by atoms with Gasteiger partial charge in [0.2, 0.25) is 0 Å². The Hall–Kier alpha value is -0.580. The van der Waals surface area contributed by atoms with Crippen LogP contribution in [0.3, 0.4) is 0 Å². The zero-order valence-corrected chi connectivity index (χ0v) is 17.7. The minimum Gasteiger partial charge on any atom is -0.475 e. The maximum Gasteiger partial charge on any atom is 0.188 e. The van der Waals surface area contributed by atoms with Crippen molar-refractivity contribution in [3.8, 4) is 0 Å². The predicted molar refractivity (Wildman–Crippen MR) is 109 cm³/mol. The molecule has 0 aromatic rings. The molecule has 0 unspecified atom stereocenters. The van der Waals surface area contributed by atoms with Crippen LogP contribution < -0.4 is 0 Å². The van der Waals surface area contributed by atoms with Gasteiger partial charge in [0.25, 0.3) is 0 Å². The second kappa shape index (κ2) is 22.5. The lowest BCUT2D eigenvalue weighted by atomic mass is 10.1. The molecule has 0 radical (unpaired) electrons. The molecule has 0 saturated carbocycles. The zero-order chi connectivity index (χ0) is 19.1. The second-order valence-electron chi connectivity index (χ2n) is 6.79. The summed E-state index contributed by atoms with van der Waals surface area (Å²) < 4.78 is 22.3. The number of rotatable bonds is 21. The summed E-state index contributed by atoms with van der Waals surface area (Å²) in [7, 11) is 0. The van der Waals surface area contributed by atoms with Crippen molar-refractivity contribution in [3.63, 3.8) is 0 Å². The monoisotopic (exact) mass is 372 g/mol. The Morgan fingerprint density at radius 1 is 0.692 bits per heavy atom. The standard InChI is InChI=1S/C22H44O4/c1-4-7-8-9-11-14-19-23-21-24-20-15-12-10-13-16-22(25-17-5-2)26-18-6-3/h15,20,22H,4-14,16-19,21H2,1-3H3. The fraction of sp³-hybridized carbons (Fsp3) is 0.909. The summed E-state index contributed by atoms with van der Waals surface area (Å²) >= 11 is 0. The van der Waals surface area contributed by atoms with Gasteiger partial charge in [-0.05, 0) is 51.0 Å². The van der Waals surface area contributed by atoms with E-state index in [-0.39, 0.29) is 6.29 Å². The van der Waals surface area contributed by atoms with Crippen molar-refractivity contribution in [2.75, 3.05) is 26.6 Å². The van der Waals surface area contributed by atoms with Gasteiger partial charge in [-0.25, -0.2) is 0 Å². The van der Waals surface area contributed by atoms with E-state index >= 15 is 0 Å². The summed E-state index contributed by atoms with van der Waals surface area (Å²) in [6, 6.07) is 0. The van der Waals surface area contributed by atoms with E-state index in [9.17, 15) is 0 Å². The first-order valence-corrected chi connectivity index (χ1v) is 10.9. The predicted octanol–water partition coefficient (Wildman–Crippen LogP) is 6.59. The fourth-order valence-electron chi connectivity index (χ4n) is 2.55. The molecule has 0 aromatic carbocycles. The van der Waals surface area contributed by atoms with Crippen LogP contribution in [-0.4, -0.2) is 32.9 Å². The van der Waals surface area contributed by atoms with Crippen LogP contribution in [0.25, 0.3) is 0 Å². The molecule has 0 rings (SSSR count). The van der Waals surface area contributed by atoms with Crippen molar-refractivity contribution in [1.29, 1.82) is 0 Å². The molecule has 0 aromatic heterocycles. The van der Waals surface area contributed by atoms with Crippen LogP contribution in [-0.2, 0) is 18.9 Å². The van der Waals surface area contributed by atoms with E-state index in [4.69, 9.17) is 18.9 Å². The maximum atomic E-state index is 5.73. The van der Waals surface area contributed by atoms with Crippen molar-refractivity contribution in [2.45, 2.75) is 104 Å². The molecule has 0 bridgehead atoms. The first kappa shape index (κ1) is 25.4. The molecular formula is C22H44O4. The highest BCUT2D eigenvalue weighted by Crippen LogP contribution is 2.10. The van der Waals surface area contributed by atoms with Gasteiger partial charge in [0.15, 0.2) is 13.1 Å². The number of hydrogen-bond acceptors (Lipinski definition) is 4. The third-order valence-electron chi connectivity index (χ3n) is 4.06. The third kappa shape index (κ3) is 19.7. The average Bonchev–Trinajstić information content (AvgIpc) is 2.66. The van der Waals surface area contributed by atoms with Gasteiger partial charge in [0, 0.05) is 13.2 Å². The summed E-state index contributed by atoms with van der Waals surface area (Å²) in [5.74, 6) is 0. The summed E-state index contributed by atoms with van der Waals surface area (Å²) in [6.07, 6.45) is 17.8. The Morgan fingerprint density at radius 3 is 2.08 bits per heavy atom. The molecule has 0 atom stereocenters. The molecule has 0 heterocycles. The van der Waals surface area contributed by atoms with Crippen LogP contribution in [0.4, 0.5) is 0 Å². The minimum atomic E-state index is -0.0366. The molecule has 26 heavy (non-hydrogen) atoms. The Kier molecular flexibility index (Phi) is 22.0. The average molecular weight is 373 g/mol. The van der Waals surface area contributed by atoms with Crippen LogP contribution in [0.2, 0.25) is 0 Å². The summed E-state index contributed by atoms with van der Waals surface area (Å²) in [4.78, 5) is 0. The van der Waals surface area contributed by atoms with Gasteiger partial charge in [-0.15, -0.1) is 0 Å². The topological polar surface area (TPSA) is 36.9 Å².